The summed E-state index contributed by atoms with van der Waals surface area (Å²) < 4.78 is 1.40. The van der Waals surface area contributed by atoms with Crippen LogP contribution in [-0.2, 0) is 32.1 Å². The molecule has 6 rings (SSSR count). The zero-order valence-electron chi connectivity index (χ0n) is 17.0. The summed E-state index contributed by atoms with van der Waals surface area (Å²) in [4.78, 5) is 21.9. The molecule has 2 aliphatic carbocycles. The number of aromatic nitrogens is 4. The van der Waals surface area contributed by atoms with Gasteiger partial charge < -0.3 is 5.32 Å². The molecule has 156 valence electrons. The number of halogens is 1. The molecule has 0 aliphatic heterocycles. The molecule has 0 saturated heterocycles. The Balaban J connectivity index is 1.36. The Bertz CT molecular complexity index is 1340. The molecule has 31 heavy (non-hydrogen) atoms. The number of nitrogens with zero attached hydrogens (tertiary/aromatic N) is 3. The highest BCUT2D eigenvalue weighted by Crippen LogP contribution is 2.39. The van der Waals surface area contributed by atoms with Gasteiger partial charge in [-0.3, -0.25) is 9.89 Å². The summed E-state index contributed by atoms with van der Waals surface area (Å²) in [6, 6.07) is 11.5. The van der Waals surface area contributed by atoms with Crippen molar-refractivity contribution in [1.82, 2.24) is 19.6 Å². The van der Waals surface area contributed by atoms with Gasteiger partial charge in [-0.05, 0) is 78.5 Å². The molecule has 6 nitrogen and oxygen atoms in total. The van der Waals surface area contributed by atoms with E-state index in [2.05, 4.69) is 26.4 Å². The van der Waals surface area contributed by atoms with Crippen LogP contribution in [0.2, 0.25) is 5.02 Å². The van der Waals surface area contributed by atoms with Crippen molar-refractivity contribution in [2.24, 2.45) is 0 Å². The number of hydrogen-bond donors (Lipinski definition) is 2. The van der Waals surface area contributed by atoms with Crippen molar-refractivity contribution in [1.29, 1.82) is 0 Å². The zero-order chi connectivity index (χ0) is 20.9. The van der Waals surface area contributed by atoms with E-state index in [9.17, 15) is 4.79 Å². The molecule has 2 aliphatic rings. The molecule has 0 amide bonds. The van der Waals surface area contributed by atoms with Crippen molar-refractivity contribution < 1.29 is 0 Å². The molecule has 0 bridgehead atoms. The van der Waals surface area contributed by atoms with Crippen molar-refractivity contribution in [2.45, 2.75) is 44.9 Å². The SMILES string of the molecule is O=c1cc(Cc2ccc(Cl)cc2)nc2nc(Nc3c4c(cc5c3CCC5)CCC4)[nH]n12. The van der Waals surface area contributed by atoms with Crippen molar-refractivity contribution in [3.05, 3.63) is 85.3 Å². The highest BCUT2D eigenvalue weighted by atomic mass is 35.5. The molecule has 2 aromatic heterocycles. The Morgan fingerprint density at radius 3 is 2.39 bits per heavy atom. The van der Waals surface area contributed by atoms with Crippen LogP contribution in [0.1, 0.15) is 46.4 Å². The summed E-state index contributed by atoms with van der Waals surface area (Å²) in [5.74, 6) is 0.936. The lowest BCUT2D eigenvalue weighted by atomic mass is 9.99. The second kappa shape index (κ2) is 7.24. The summed E-state index contributed by atoms with van der Waals surface area (Å²) in [6.45, 7) is 0. The fourth-order valence-electron chi connectivity index (χ4n) is 4.97. The summed E-state index contributed by atoms with van der Waals surface area (Å²) in [7, 11) is 0. The molecule has 7 heteroatoms. The first kappa shape index (κ1) is 18.6. The van der Waals surface area contributed by atoms with Crippen LogP contribution in [0.15, 0.2) is 41.2 Å². The normalized spacial score (nSPS) is 14.7. The van der Waals surface area contributed by atoms with Crippen LogP contribution in [0.25, 0.3) is 5.78 Å². The number of H-pyrrole nitrogens is 1. The molecule has 2 aromatic carbocycles. The Labute approximate surface area is 184 Å². The quantitative estimate of drug-likeness (QED) is 0.502. The van der Waals surface area contributed by atoms with E-state index in [1.165, 1.54) is 45.3 Å². The number of anilines is 2. The van der Waals surface area contributed by atoms with E-state index in [0.29, 0.717) is 28.9 Å². The molecule has 0 spiro atoms. The van der Waals surface area contributed by atoms with Crippen molar-refractivity contribution in [2.75, 3.05) is 5.32 Å². The van der Waals surface area contributed by atoms with Crippen LogP contribution in [-0.4, -0.2) is 19.6 Å². The average molecular weight is 432 g/mol. The molecule has 0 saturated carbocycles. The van der Waals surface area contributed by atoms with Gasteiger partial charge in [0.1, 0.15) is 0 Å². The third-order valence-corrected chi connectivity index (χ3v) is 6.65. The Hall–Kier alpha value is -3.12. The van der Waals surface area contributed by atoms with E-state index < -0.39 is 0 Å². The molecule has 0 radical (unpaired) electrons. The topological polar surface area (TPSA) is 75.1 Å². The third kappa shape index (κ3) is 3.31. The molecule has 2 heterocycles. The van der Waals surface area contributed by atoms with Gasteiger partial charge in [0, 0.05) is 23.2 Å². The summed E-state index contributed by atoms with van der Waals surface area (Å²) in [5.41, 5.74) is 8.49. The maximum absolute atomic E-state index is 12.7. The second-order valence-corrected chi connectivity index (χ2v) is 8.89. The van der Waals surface area contributed by atoms with E-state index in [1.807, 2.05) is 24.3 Å². The van der Waals surface area contributed by atoms with Crippen LogP contribution in [0.4, 0.5) is 11.6 Å². The van der Waals surface area contributed by atoms with Crippen LogP contribution >= 0.6 is 11.6 Å². The van der Waals surface area contributed by atoms with Gasteiger partial charge in [-0.1, -0.05) is 29.8 Å². The lowest BCUT2D eigenvalue weighted by Gasteiger charge is -2.15. The first-order valence-electron chi connectivity index (χ1n) is 10.8. The number of benzene rings is 2. The lowest BCUT2D eigenvalue weighted by molar-refractivity contribution is 0.881. The number of hydrogen-bond acceptors (Lipinski definition) is 4. The highest BCUT2D eigenvalue weighted by molar-refractivity contribution is 6.30. The smallest absolute Gasteiger partial charge is 0.274 e. The maximum Gasteiger partial charge on any atom is 0.274 e. The van der Waals surface area contributed by atoms with Crippen LogP contribution in [0, 0.1) is 0 Å². The second-order valence-electron chi connectivity index (χ2n) is 8.46. The predicted octanol–water partition coefficient (Wildman–Crippen LogP) is 4.38. The highest BCUT2D eigenvalue weighted by Gasteiger charge is 2.24. The fraction of sp³-hybridized carbons (Fsp3) is 0.292. The first-order valence-corrected chi connectivity index (χ1v) is 11.2. The number of rotatable bonds is 4. The standard InChI is InChI=1S/C24H22ClN5O/c25-17-9-7-14(8-10-17)11-18-13-21(31)30-24(26-18)28-23(29-30)27-22-19-5-1-3-15(19)12-16-4-2-6-20(16)22/h7-10,12-13H,1-6,11H2,(H2,26,27,28,29). The van der Waals surface area contributed by atoms with Gasteiger partial charge >= 0.3 is 0 Å². The van der Waals surface area contributed by atoms with Gasteiger partial charge in [-0.25, -0.2) is 4.98 Å². The Morgan fingerprint density at radius 1 is 0.968 bits per heavy atom. The number of aromatic amines is 1. The molecule has 2 N–H and O–H groups in total. The van der Waals surface area contributed by atoms with E-state index in [4.69, 9.17) is 11.6 Å². The Kier molecular flexibility index (Phi) is 4.35. The van der Waals surface area contributed by atoms with Gasteiger partial charge in [0.2, 0.25) is 5.95 Å². The third-order valence-electron chi connectivity index (χ3n) is 6.40. The van der Waals surface area contributed by atoms with Crippen LogP contribution in [0.3, 0.4) is 0 Å². The predicted molar refractivity (Wildman–Crippen MR) is 122 cm³/mol. The van der Waals surface area contributed by atoms with Gasteiger partial charge in [0.05, 0.1) is 5.69 Å². The van der Waals surface area contributed by atoms with Crippen LogP contribution < -0.4 is 10.9 Å². The maximum atomic E-state index is 12.7. The van der Waals surface area contributed by atoms with E-state index in [1.54, 1.807) is 6.07 Å². The molecule has 0 unspecified atom stereocenters. The van der Waals surface area contributed by atoms with E-state index in [-0.39, 0.29) is 5.56 Å². The van der Waals surface area contributed by atoms with Crippen molar-refractivity contribution >= 4 is 29.0 Å². The van der Waals surface area contributed by atoms with Crippen molar-refractivity contribution in [3.63, 3.8) is 0 Å². The molecular formula is C24H22ClN5O. The molecule has 0 atom stereocenters. The monoisotopic (exact) mass is 431 g/mol. The number of nitrogens with one attached hydrogen (secondary N) is 2. The summed E-state index contributed by atoms with van der Waals surface area (Å²) in [6.07, 6.45) is 7.42. The van der Waals surface area contributed by atoms with E-state index >= 15 is 0 Å². The van der Waals surface area contributed by atoms with Gasteiger partial charge in [0.25, 0.3) is 11.3 Å². The average Bonchev–Trinajstić information content (AvgIpc) is 3.48. The Morgan fingerprint density at radius 2 is 1.68 bits per heavy atom. The molecular weight excluding hydrogens is 410 g/mol. The minimum atomic E-state index is -0.168. The van der Waals surface area contributed by atoms with E-state index in [0.717, 1.165) is 31.2 Å². The number of aryl methyl sites for hydroxylation is 2. The van der Waals surface area contributed by atoms with Crippen molar-refractivity contribution in [3.8, 4) is 0 Å². The minimum Gasteiger partial charge on any atom is -0.324 e. The number of fused-ring (bicyclic) bond motifs is 3. The molecule has 0 fully saturated rings. The van der Waals surface area contributed by atoms with Crippen LogP contribution in [0.5, 0.6) is 0 Å². The lowest BCUT2D eigenvalue weighted by Crippen LogP contribution is -2.16. The fourth-order valence-corrected chi connectivity index (χ4v) is 5.10. The minimum absolute atomic E-state index is 0.168. The van der Waals surface area contributed by atoms with Gasteiger partial charge in [-0.2, -0.15) is 9.50 Å². The zero-order valence-corrected chi connectivity index (χ0v) is 17.8. The molecule has 4 aromatic rings. The van der Waals surface area contributed by atoms with Gasteiger partial charge in [0.15, 0.2) is 0 Å². The first-order chi connectivity index (χ1) is 15.1. The summed E-state index contributed by atoms with van der Waals surface area (Å²) >= 11 is 5.97. The summed E-state index contributed by atoms with van der Waals surface area (Å²) in [5, 5.41) is 7.30. The largest absolute Gasteiger partial charge is 0.324 e. The van der Waals surface area contributed by atoms with Gasteiger partial charge in [-0.15, -0.1) is 0 Å².